The van der Waals surface area contributed by atoms with Crippen LogP contribution in [0, 0.1) is 5.82 Å². The number of carbonyl (C=O) groups is 1. The van der Waals surface area contributed by atoms with E-state index >= 15 is 0 Å². The molecule has 0 bridgehead atoms. The Morgan fingerprint density at radius 3 is 2.40 bits per heavy atom. The van der Waals surface area contributed by atoms with Crippen LogP contribution in [0.1, 0.15) is 11.7 Å². The summed E-state index contributed by atoms with van der Waals surface area (Å²) in [7, 11) is 4.99. The summed E-state index contributed by atoms with van der Waals surface area (Å²) in [5.74, 6) is 0.538. The summed E-state index contributed by atoms with van der Waals surface area (Å²) in [5.41, 5.74) is 0.904. The maximum atomic E-state index is 13.1. The molecule has 1 aliphatic heterocycles. The molecule has 1 aromatic carbocycles. The van der Waals surface area contributed by atoms with E-state index in [1.807, 2.05) is 0 Å². The molecule has 0 spiro atoms. The molecular weight excluding hydrogens is 504 g/mol. The van der Waals surface area contributed by atoms with Crippen molar-refractivity contribution < 1.29 is 18.7 Å². The quantitative estimate of drug-likeness (QED) is 0.213. The van der Waals surface area contributed by atoms with Gasteiger partial charge in [-0.25, -0.2) is 4.39 Å². The van der Waals surface area contributed by atoms with Crippen molar-refractivity contribution in [2.45, 2.75) is 6.10 Å². The van der Waals surface area contributed by atoms with Crippen LogP contribution in [-0.4, -0.2) is 95.4 Å². The first-order valence-electron chi connectivity index (χ1n) is 9.79. The molecule has 10 heteroatoms. The van der Waals surface area contributed by atoms with Gasteiger partial charge in [-0.3, -0.25) is 14.7 Å². The lowest BCUT2D eigenvalue weighted by molar-refractivity contribution is -0.122. The second-order valence-corrected chi connectivity index (χ2v) is 6.81. The summed E-state index contributed by atoms with van der Waals surface area (Å²) < 4.78 is 23.6. The van der Waals surface area contributed by atoms with Crippen LogP contribution < -0.4 is 10.6 Å². The van der Waals surface area contributed by atoms with E-state index in [0.717, 1.165) is 37.7 Å². The molecule has 170 valence electrons. The van der Waals surface area contributed by atoms with Gasteiger partial charge < -0.3 is 25.0 Å². The number of rotatable bonds is 9. The Kier molecular flexibility index (Phi) is 12.8. The van der Waals surface area contributed by atoms with Crippen LogP contribution in [0.15, 0.2) is 29.3 Å². The molecule has 1 unspecified atom stereocenters. The Hall–Kier alpha value is -1.50. The summed E-state index contributed by atoms with van der Waals surface area (Å²) in [6.07, 6.45) is -0.204. The number of benzene rings is 1. The van der Waals surface area contributed by atoms with Gasteiger partial charge in [0.2, 0.25) is 5.91 Å². The predicted molar refractivity (Wildman–Crippen MR) is 126 cm³/mol. The third-order valence-corrected chi connectivity index (χ3v) is 4.85. The second kappa shape index (κ2) is 14.5. The van der Waals surface area contributed by atoms with Crippen molar-refractivity contribution in [2.24, 2.45) is 4.99 Å². The van der Waals surface area contributed by atoms with Crippen molar-refractivity contribution in [3.05, 3.63) is 35.6 Å². The van der Waals surface area contributed by atoms with Gasteiger partial charge in [-0.2, -0.15) is 0 Å². The monoisotopic (exact) mass is 537 g/mol. The first-order valence-corrected chi connectivity index (χ1v) is 9.79. The highest BCUT2D eigenvalue weighted by molar-refractivity contribution is 14.0. The molecule has 1 atom stereocenters. The first-order chi connectivity index (χ1) is 14.1. The largest absolute Gasteiger partial charge is 0.383 e. The molecule has 0 saturated carbocycles. The van der Waals surface area contributed by atoms with Crippen molar-refractivity contribution in [3.8, 4) is 0 Å². The highest BCUT2D eigenvalue weighted by Crippen LogP contribution is 2.16. The Bertz CT molecular complexity index is 654. The molecule has 1 amide bonds. The lowest BCUT2D eigenvalue weighted by atomic mass is 10.1. The van der Waals surface area contributed by atoms with Crippen molar-refractivity contribution in [1.29, 1.82) is 0 Å². The van der Waals surface area contributed by atoms with Gasteiger partial charge in [0.05, 0.1) is 19.3 Å². The number of nitrogens with zero attached hydrogens (tertiary/aromatic N) is 3. The number of carbonyl (C=O) groups excluding carboxylic acids is 1. The van der Waals surface area contributed by atoms with Gasteiger partial charge in [0.15, 0.2) is 5.96 Å². The number of hydrogen-bond donors (Lipinski definition) is 2. The van der Waals surface area contributed by atoms with Crippen LogP contribution in [0.25, 0.3) is 0 Å². The van der Waals surface area contributed by atoms with Crippen LogP contribution in [0.3, 0.4) is 0 Å². The number of halogens is 2. The number of piperazine rings is 1. The molecule has 1 fully saturated rings. The third-order valence-electron chi connectivity index (χ3n) is 4.85. The van der Waals surface area contributed by atoms with Gasteiger partial charge in [0, 0.05) is 60.5 Å². The van der Waals surface area contributed by atoms with Gasteiger partial charge >= 0.3 is 0 Å². The van der Waals surface area contributed by atoms with E-state index in [0.29, 0.717) is 26.2 Å². The maximum Gasteiger partial charge on any atom is 0.234 e. The topological polar surface area (TPSA) is 78.4 Å². The molecule has 8 nitrogen and oxygen atoms in total. The summed E-state index contributed by atoms with van der Waals surface area (Å²) in [5, 5.41) is 6.18. The Morgan fingerprint density at radius 1 is 1.17 bits per heavy atom. The zero-order chi connectivity index (χ0) is 21.1. The smallest absolute Gasteiger partial charge is 0.234 e. The predicted octanol–water partition coefficient (Wildman–Crippen LogP) is 1.09. The molecular formula is C20H33FIN5O3. The van der Waals surface area contributed by atoms with E-state index in [-0.39, 0.29) is 41.8 Å². The number of hydrogen-bond acceptors (Lipinski definition) is 5. The van der Waals surface area contributed by atoms with Crippen molar-refractivity contribution in [3.63, 3.8) is 0 Å². The Labute approximate surface area is 195 Å². The van der Waals surface area contributed by atoms with Crippen molar-refractivity contribution >= 4 is 35.8 Å². The fourth-order valence-electron chi connectivity index (χ4n) is 3.20. The van der Waals surface area contributed by atoms with Crippen LogP contribution in [0.2, 0.25) is 0 Å². The van der Waals surface area contributed by atoms with Crippen LogP contribution in [-0.2, 0) is 14.3 Å². The molecule has 0 aromatic heterocycles. The van der Waals surface area contributed by atoms with E-state index in [2.05, 4.69) is 25.4 Å². The average molecular weight is 537 g/mol. The summed E-state index contributed by atoms with van der Waals surface area (Å²) in [6.45, 7) is 5.08. The SMILES string of the molecule is CN=C(NCC(OC)c1ccc(F)cc1)N1CCN(CC(=O)NCCOC)CC1.I. The molecule has 1 saturated heterocycles. The third kappa shape index (κ3) is 8.70. The van der Waals surface area contributed by atoms with Crippen LogP contribution in [0.5, 0.6) is 0 Å². The van der Waals surface area contributed by atoms with E-state index < -0.39 is 0 Å². The molecule has 1 heterocycles. The van der Waals surface area contributed by atoms with Crippen molar-refractivity contribution in [1.82, 2.24) is 20.4 Å². The minimum atomic E-state index is -0.266. The Balaban J connectivity index is 0.00000450. The Morgan fingerprint density at radius 2 is 1.83 bits per heavy atom. The number of guanidine groups is 1. The molecule has 1 aliphatic rings. The number of nitrogens with one attached hydrogen (secondary N) is 2. The molecule has 0 aliphatic carbocycles. The minimum Gasteiger partial charge on any atom is -0.383 e. The lowest BCUT2D eigenvalue weighted by Crippen LogP contribution is -2.54. The average Bonchev–Trinajstić information content (AvgIpc) is 2.73. The van der Waals surface area contributed by atoms with Gasteiger partial charge in [-0.15, -0.1) is 24.0 Å². The summed E-state index contributed by atoms with van der Waals surface area (Å²) in [6, 6.07) is 6.32. The number of ether oxygens (including phenoxy) is 2. The fraction of sp³-hybridized carbons (Fsp3) is 0.600. The molecule has 0 radical (unpaired) electrons. The molecule has 2 N–H and O–H groups in total. The summed E-state index contributed by atoms with van der Waals surface area (Å²) >= 11 is 0. The zero-order valence-corrected chi connectivity index (χ0v) is 20.2. The standard InChI is InChI=1S/C20H32FN5O3.HI/c1-22-20(24-14-18(29-3)16-4-6-17(21)7-5-16)26-11-9-25(10-12-26)15-19(27)23-8-13-28-2;/h4-7,18H,8-15H2,1-3H3,(H,22,24)(H,23,27);1H. The lowest BCUT2D eigenvalue weighted by Gasteiger charge is -2.36. The zero-order valence-electron chi connectivity index (χ0n) is 17.9. The highest BCUT2D eigenvalue weighted by Gasteiger charge is 2.22. The van der Waals surface area contributed by atoms with E-state index in [4.69, 9.17) is 9.47 Å². The molecule has 30 heavy (non-hydrogen) atoms. The fourth-order valence-corrected chi connectivity index (χ4v) is 3.20. The van der Waals surface area contributed by atoms with E-state index in [9.17, 15) is 9.18 Å². The van der Waals surface area contributed by atoms with Gasteiger partial charge in [0.25, 0.3) is 0 Å². The highest BCUT2D eigenvalue weighted by atomic mass is 127. The van der Waals surface area contributed by atoms with Crippen LogP contribution >= 0.6 is 24.0 Å². The van der Waals surface area contributed by atoms with Crippen molar-refractivity contribution in [2.75, 3.05) is 73.7 Å². The maximum absolute atomic E-state index is 13.1. The van der Waals surface area contributed by atoms with Gasteiger partial charge in [-0.05, 0) is 17.7 Å². The minimum absolute atomic E-state index is 0. The number of aliphatic imine (C=N–C) groups is 1. The normalized spacial score (nSPS) is 16.0. The van der Waals surface area contributed by atoms with Gasteiger partial charge in [0.1, 0.15) is 5.82 Å². The van der Waals surface area contributed by atoms with E-state index in [1.165, 1.54) is 12.1 Å². The summed E-state index contributed by atoms with van der Waals surface area (Å²) in [4.78, 5) is 20.6. The van der Waals surface area contributed by atoms with Gasteiger partial charge in [-0.1, -0.05) is 12.1 Å². The molecule has 2 rings (SSSR count). The second-order valence-electron chi connectivity index (χ2n) is 6.81. The van der Waals surface area contributed by atoms with E-state index in [1.54, 1.807) is 33.4 Å². The first kappa shape index (κ1) is 26.5. The number of methoxy groups -OCH3 is 2. The van der Waals surface area contributed by atoms with Crippen LogP contribution in [0.4, 0.5) is 4.39 Å². The number of amides is 1. The molecule has 1 aromatic rings.